The molecule has 1 fully saturated rings. The topological polar surface area (TPSA) is 84.9 Å². The van der Waals surface area contributed by atoms with E-state index in [0.29, 0.717) is 19.5 Å². The fraction of sp³-hybridized carbons (Fsp3) is 0.462. The molecule has 33 heavy (non-hydrogen) atoms. The first-order valence-electron chi connectivity index (χ1n) is 11.9. The highest BCUT2D eigenvalue weighted by Gasteiger charge is 2.32. The van der Waals surface area contributed by atoms with E-state index in [0.717, 1.165) is 38.8 Å². The van der Waals surface area contributed by atoms with Crippen LogP contribution in [0.4, 0.5) is 4.79 Å². The van der Waals surface area contributed by atoms with E-state index in [-0.39, 0.29) is 24.0 Å². The minimum atomic E-state index is -0.349. The molecule has 7 heteroatoms. The first-order chi connectivity index (χ1) is 16.1. The first-order valence-corrected chi connectivity index (χ1v) is 11.9. The number of piperazine rings is 1. The van der Waals surface area contributed by atoms with Crippen LogP contribution in [-0.4, -0.2) is 59.2 Å². The number of carbonyl (C=O) groups excluding carboxylic acids is 2. The Balaban J connectivity index is 1.49. The number of rotatable bonds is 10. The highest BCUT2D eigenvalue weighted by molar-refractivity contribution is 5.75. The predicted molar refractivity (Wildman–Crippen MR) is 129 cm³/mol. The number of nitrogens with zero attached hydrogens (tertiary/aromatic N) is 2. The summed E-state index contributed by atoms with van der Waals surface area (Å²) in [6, 6.07) is 21.4. The number of hydrogen-bond donors (Lipinski definition) is 3. The molecule has 1 atom stereocenters. The van der Waals surface area contributed by atoms with E-state index >= 15 is 0 Å². The summed E-state index contributed by atoms with van der Waals surface area (Å²) in [5.74, 6) is -0.349. The summed E-state index contributed by atoms with van der Waals surface area (Å²) in [6.07, 6.45) is 3.79. The third-order valence-electron chi connectivity index (χ3n) is 6.25. The van der Waals surface area contributed by atoms with Gasteiger partial charge < -0.3 is 10.2 Å². The quantitative estimate of drug-likeness (QED) is 0.290. The number of hydroxylamine groups is 1. The van der Waals surface area contributed by atoms with Gasteiger partial charge in [0.25, 0.3) is 0 Å². The lowest BCUT2D eigenvalue weighted by Gasteiger charge is -2.43. The van der Waals surface area contributed by atoms with E-state index in [1.807, 2.05) is 17.0 Å². The Bertz CT molecular complexity index is 823. The van der Waals surface area contributed by atoms with Gasteiger partial charge in [-0.1, -0.05) is 73.5 Å². The van der Waals surface area contributed by atoms with Crippen molar-refractivity contribution in [1.29, 1.82) is 0 Å². The van der Waals surface area contributed by atoms with Gasteiger partial charge in [0.2, 0.25) is 5.91 Å². The van der Waals surface area contributed by atoms with Gasteiger partial charge in [-0.2, -0.15) is 0 Å². The molecule has 0 spiro atoms. The van der Waals surface area contributed by atoms with Gasteiger partial charge in [0.15, 0.2) is 0 Å². The van der Waals surface area contributed by atoms with Crippen LogP contribution in [0, 0.1) is 0 Å². The van der Waals surface area contributed by atoms with Gasteiger partial charge in [-0.15, -0.1) is 0 Å². The molecule has 3 N–H and O–H groups in total. The molecule has 1 heterocycles. The summed E-state index contributed by atoms with van der Waals surface area (Å²) in [6.45, 7) is 5.08. The third kappa shape index (κ3) is 7.30. The lowest BCUT2D eigenvalue weighted by molar-refractivity contribution is -0.129. The molecule has 0 saturated carbocycles. The average molecular weight is 453 g/mol. The van der Waals surface area contributed by atoms with E-state index in [9.17, 15) is 9.59 Å². The number of hydrogen-bond acceptors (Lipinski definition) is 4. The molecular formula is C26H36N4O3. The van der Waals surface area contributed by atoms with Gasteiger partial charge in [0.1, 0.15) is 0 Å². The molecule has 1 aliphatic rings. The molecule has 2 aromatic rings. The fourth-order valence-electron chi connectivity index (χ4n) is 4.52. The molecule has 0 aromatic heterocycles. The number of amides is 3. The molecule has 3 rings (SSSR count). The molecule has 0 aliphatic carbocycles. The first kappa shape index (κ1) is 24.7. The molecular weight excluding hydrogens is 416 g/mol. The molecule has 0 unspecified atom stereocenters. The van der Waals surface area contributed by atoms with Crippen LogP contribution < -0.4 is 10.8 Å². The third-order valence-corrected chi connectivity index (χ3v) is 6.25. The summed E-state index contributed by atoms with van der Waals surface area (Å²) < 4.78 is 0. The number of unbranched alkanes of at least 4 members (excludes halogenated alkanes) is 3. The second kappa shape index (κ2) is 13.0. The molecule has 0 radical (unpaired) electrons. The largest absolute Gasteiger partial charge is 0.338 e. The summed E-state index contributed by atoms with van der Waals surface area (Å²) >= 11 is 0. The maximum absolute atomic E-state index is 12.8. The van der Waals surface area contributed by atoms with Crippen LogP contribution in [0.3, 0.4) is 0 Å². The van der Waals surface area contributed by atoms with Crippen LogP contribution in [0.15, 0.2) is 60.7 Å². The van der Waals surface area contributed by atoms with Crippen LogP contribution in [0.2, 0.25) is 0 Å². The van der Waals surface area contributed by atoms with Crippen molar-refractivity contribution in [3.63, 3.8) is 0 Å². The molecule has 7 nitrogen and oxygen atoms in total. The molecule has 3 amide bonds. The van der Waals surface area contributed by atoms with Crippen molar-refractivity contribution in [1.82, 2.24) is 20.6 Å². The SMILES string of the molecule is C[C@H]1CN(C(c2ccccc2)c2ccccc2)CCN1C(=O)NCCCCCCC(=O)NO. The van der Waals surface area contributed by atoms with Gasteiger partial charge in [0, 0.05) is 38.6 Å². The number of nitrogens with one attached hydrogen (secondary N) is 2. The van der Waals surface area contributed by atoms with Crippen molar-refractivity contribution >= 4 is 11.9 Å². The van der Waals surface area contributed by atoms with Crippen LogP contribution in [0.25, 0.3) is 0 Å². The summed E-state index contributed by atoms with van der Waals surface area (Å²) in [4.78, 5) is 28.2. The zero-order valence-electron chi connectivity index (χ0n) is 19.5. The Morgan fingerprint density at radius 1 is 0.939 bits per heavy atom. The van der Waals surface area contributed by atoms with E-state index < -0.39 is 0 Å². The standard InChI is InChI=1S/C26H36N4O3/c1-21-20-29(25(22-12-6-4-7-13-22)23-14-8-5-9-15-23)18-19-30(21)26(32)27-17-11-3-2-10-16-24(31)28-33/h4-9,12-15,21,25,33H,2-3,10-11,16-20H2,1H3,(H,27,32)(H,28,31)/t21-/m0/s1. The summed E-state index contributed by atoms with van der Waals surface area (Å²) in [5.41, 5.74) is 4.18. The lowest BCUT2D eigenvalue weighted by Crippen LogP contribution is -2.57. The van der Waals surface area contributed by atoms with E-state index in [1.165, 1.54) is 11.1 Å². The molecule has 178 valence electrons. The second-order valence-electron chi connectivity index (χ2n) is 8.69. The normalized spacial score (nSPS) is 16.6. The van der Waals surface area contributed by atoms with Crippen LogP contribution in [0.1, 0.15) is 56.2 Å². The summed E-state index contributed by atoms with van der Waals surface area (Å²) in [7, 11) is 0. The fourth-order valence-corrected chi connectivity index (χ4v) is 4.52. The van der Waals surface area contributed by atoms with Gasteiger partial charge in [-0.25, -0.2) is 10.3 Å². The van der Waals surface area contributed by atoms with Crippen molar-refractivity contribution in [2.45, 2.75) is 51.1 Å². The molecule has 0 bridgehead atoms. The Hall–Kier alpha value is -2.90. The Kier molecular flexibility index (Phi) is 9.72. The Labute approximate surface area is 196 Å². The number of carbonyl (C=O) groups is 2. The molecule has 1 saturated heterocycles. The number of urea groups is 1. The zero-order valence-corrected chi connectivity index (χ0v) is 19.5. The predicted octanol–water partition coefficient (Wildman–Crippen LogP) is 3.95. The van der Waals surface area contributed by atoms with Gasteiger partial charge in [0.05, 0.1) is 6.04 Å². The highest BCUT2D eigenvalue weighted by atomic mass is 16.5. The maximum atomic E-state index is 12.8. The maximum Gasteiger partial charge on any atom is 0.317 e. The smallest absolute Gasteiger partial charge is 0.317 e. The minimum Gasteiger partial charge on any atom is -0.338 e. The van der Waals surface area contributed by atoms with Crippen molar-refractivity contribution in [2.75, 3.05) is 26.2 Å². The Morgan fingerprint density at radius 2 is 1.55 bits per heavy atom. The van der Waals surface area contributed by atoms with E-state index in [1.54, 1.807) is 5.48 Å². The molecule has 1 aliphatic heterocycles. The monoisotopic (exact) mass is 452 g/mol. The van der Waals surface area contributed by atoms with Gasteiger partial charge >= 0.3 is 6.03 Å². The van der Waals surface area contributed by atoms with Gasteiger partial charge in [-0.05, 0) is 30.9 Å². The zero-order chi connectivity index (χ0) is 23.5. The minimum absolute atomic E-state index is 0.00206. The van der Waals surface area contributed by atoms with E-state index in [2.05, 4.69) is 65.7 Å². The van der Waals surface area contributed by atoms with Crippen LogP contribution in [0.5, 0.6) is 0 Å². The van der Waals surface area contributed by atoms with Crippen LogP contribution in [-0.2, 0) is 4.79 Å². The van der Waals surface area contributed by atoms with Crippen molar-refractivity contribution in [3.05, 3.63) is 71.8 Å². The number of benzene rings is 2. The highest BCUT2D eigenvalue weighted by Crippen LogP contribution is 2.30. The second-order valence-corrected chi connectivity index (χ2v) is 8.69. The van der Waals surface area contributed by atoms with Gasteiger partial charge in [-0.3, -0.25) is 14.9 Å². The van der Waals surface area contributed by atoms with E-state index in [4.69, 9.17) is 5.21 Å². The lowest BCUT2D eigenvalue weighted by atomic mass is 9.95. The average Bonchev–Trinajstić information content (AvgIpc) is 2.84. The van der Waals surface area contributed by atoms with Crippen LogP contribution >= 0.6 is 0 Å². The molecule has 2 aromatic carbocycles. The summed E-state index contributed by atoms with van der Waals surface area (Å²) in [5, 5.41) is 11.5. The van der Waals surface area contributed by atoms with Crippen molar-refractivity contribution in [3.8, 4) is 0 Å². The Morgan fingerprint density at radius 3 is 2.12 bits per heavy atom. The van der Waals surface area contributed by atoms with Crippen molar-refractivity contribution < 1.29 is 14.8 Å². The van der Waals surface area contributed by atoms with Crippen molar-refractivity contribution in [2.24, 2.45) is 0 Å².